The normalized spacial score (nSPS) is 19.0. The fourth-order valence-electron chi connectivity index (χ4n) is 2.32. The van der Waals surface area contributed by atoms with Crippen molar-refractivity contribution < 1.29 is 14.3 Å². The molecule has 0 N–H and O–H groups in total. The van der Waals surface area contributed by atoms with E-state index in [-0.39, 0.29) is 11.9 Å². The zero-order valence-electron chi connectivity index (χ0n) is 11.0. The number of pyridine rings is 1. The second-order valence-electron chi connectivity index (χ2n) is 4.58. The van der Waals surface area contributed by atoms with E-state index in [1.165, 1.54) is 0 Å². The number of hydrogen-bond acceptors (Lipinski definition) is 5. The van der Waals surface area contributed by atoms with Gasteiger partial charge >= 0.3 is 5.97 Å². The smallest absolute Gasteiger partial charge is 0.310 e. The molecule has 1 aromatic heterocycles. The minimum absolute atomic E-state index is 0.101. The molecule has 0 saturated carbocycles. The van der Waals surface area contributed by atoms with E-state index >= 15 is 0 Å². The van der Waals surface area contributed by atoms with Crippen LogP contribution >= 0.6 is 0 Å². The van der Waals surface area contributed by atoms with Gasteiger partial charge < -0.3 is 9.64 Å². The monoisotopic (exact) mass is 262 g/mol. The van der Waals surface area contributed by atoms with Crippen LogP contribution in [0.3, 0.4) is 0 Å². The summed E-state index contributed by atoms with van der Waals surface area (Å²) in [5.74, 6) is 0.507. The molecule has 0 spiro atoms. The molecule has 2 rings (SSSR count). The van der Waals surface area contributed by atoms with Crippen LogP contribution in [0.4, 0.5) is 5.82 Å². The Morgan fingerprint density at radius 3 is 3.16 bits per heavy atom. The van der Waals surface area contributed by atoms with Crippen molar-refractivity contribution in [2.75, 3.05) is 24.6 Å². The lowest BCUT2D eigenvalue weighted by atomic mass is 9.98. The van der Waals surface area contributed by atoms with Crippen LogP contribution in [0.1, 0.15) is 30.3 Å². The number of piperidine rings is 1. The number of aldehydes is 1. The Kier molecular flexibility index (Phi) is 4.49. The highest BCUT2D eigenvalue weighted by atomic mass is 16.5. The average molecular weight is 262 g/mol. The molecule has 1 aliphatic rings. The second-order valence-corrected chi connectivity index (χ2v) is 4.58. The Morgan fingerprint density at radius 2 is 2.42 bits per heavy atom. The van der Waals surface area contributed by atoms with Crippen molar-refractivity contribution in [2.24, 2.45) is 5.92 Å². The Balaban J connectivity index is 2.07. The van der Waals surface area contributed by atoms with Crippen LogP contribution in [-0.2, 0) is 9.53 Å². The van der Waals surface area contributed by atoms with Crippen molar-refractivity contribution in [3.8, 4) is 0 Å². The summed E-state index contributed by atoms with van der Waals surface area (Å²) in [6.45, 7) is 3.68. The molecule has 0 radical (unpaired) electrons. The van der Waals surface area contributed by atoms with Gasteiger partial charge in [0.15, 0.2) is 6.29 Å². The molecule has 1 unspecified atom stereocenters. The van der Waals surface area contributed by atoms with Crippen LogP contribution in [0.25, 0.3) is 0 Å². The Labute approximate surface area is 112 Å². The van der Waals surface area contributed by atoms with Gasteiger partial charge in [0.25, 0.3) is 0 Å². The fraction of sp³-hybridized carbons (Fsp3) is 0.500. The first-order valence-electron chi connectivity index (χ1n) is 6.58. The maximum Gasteiger partial charge on any atom is 0.310 e. The van der Waals surface area contributed by atoms with E-state index in [4.69, 9.17) is 4.74 Å². The second kappa shape index (κ2) is 6.31. The third-order valence-electron chi connectivity index (χ3n) is 3.24. The van der Waals surface area contributed by atoms with Gasteiger partial charge in [0, 0.05) is 13.1 Å². The van der Waals surface area contributed by atoms with Gasteiger partial charge in [0.1, 0.15) is 11.5 Å². The summed E-state index contributed by atoms with van der Waals surface area (Å²) in [4.78, 5) is 28.8. The number of nitrogens with zero attached hydrogens (tertiary/aromatic N) is 2. The third kappa shape index (κ3) is 3.30. The lowest BCUT2D eigenvalue weighted by Crippen LogP contribution is -2.39. The standard InChI is InChI=1S/C14H18N2O3/c1-2-19-14(18)11-5-4-8-16(9-11)13-7-3-6-12(10-17)15-13/h3,6-7,10-11H,2,4-5,8-9H2,1H3. The minimum atomic E-state index is -0.140. The van der Waals surface area contributed by atoms with Gasteiger partial charge in [0.2, 0.25) is 0 Å². The Morgan fingerprint density at radius 1 is 1.58 bits per heavy atom. The molecule has 1 aliphatic heterocycles. The molecule has 0 aromatic carbocycles. The lowest BCUT2D eigenvalue weighted by molar-refractivity contribution is -0.148. The number of esters is 1. The van der Waals surface area contributed by atoms with Crippen LogP contribution in [-0.4, -0.2) is 36.9 Å². The molecule has 5 heteroatoms. The number of aromatic nitrogens is 1. The molecule has 1 fully saturated rings. The molecule has 1 atom stereocenters. The highest BCUT2D eigenvalue weighted by molar-refractivity contribution is 5.74. The molecule has 102 valence electrons. The third-order valence-corrected chi connectivity index (χ3v) is 3.24. The molecule has 5 nitrogen and oxygen atoms in total. The highest BCUT2D eigenvalue weighted by Crippen LogP contribution is 2.22. The van der Waals surface area contributed by atoms with Crippen molar-refractivity contribution in [3.63, 3.8) is 0 Å². The predicted molar refractivity (Wildman–Crippen MR) is 71.2 cm³/mol. The number of rotatable bonds is 4. The van der Waals surface area contributed by atoms with Gasteiger partial charge in [-0.05, 0) is 31.9 Å². The van der Waals surface area contributed by atoms with Crippen molar-refractivity contribution in [2.45, 2.75) is 19.8 Å². The van der Waals surface area contributed by atoms with Crippen molar-refractivity contribution in [1.29, 1.82) is 0 Å². The van der Waals surface area contributed by atoms with Gasteiger partial charge in [-0.3, -0.25) is 9.59 Å². The van der Waals surface area contributed by atoms with E-state index in [0.29, 0.717) is 18.8 Å². The molecular formula is C14H18N2O3. The van der Waals surface area contributed by atoms with Crippen LogP contribution in [0.5, 0.6) is 0 Å². The summed E-state index contributed by atoms with van der Waals surface area (Å²) < 4.78 is 5.07. The van der Waals surface area contributed by atoms with E-state index in [0.717, 1.165) is 31.5 Å². The number of hydrogen-bond donors (Lipinski definition) is 0. The van der Waals surface area contributed by atoms with Crippen LogP contribution in [0.2, 0.25) is 0 Å². The average Bonchev–Trinajstić information content (AvgIpc) is 2.48. The summed E-state index contributed by atoms with van der Waals surface area (Å²) in [5, 5.41) is 0. The van der Waals surface area contributed by atoms with Crippen molar-refractivity contribution >= 4 is 18.1 Å². The van der Waals surface area contributed by atoms with E-state index < -0.39 is 0 Å². The summed E-state index contributed by atoms with van der Waals surface area (Å²) in [5.41, 5.74) is 0.413. The maximum atomic E-state index is 11.8. The SMILES string of the molecule is CCOC(=O)C1CCCN(c2cccc(C=O)n2)C1. The lowest BCUT2D eigenvalue weighted by Gasteiger charge is -2.32. The van der Waals surface area contributed by atoms with Gasteiger partial charge in [-0.15, -0.1) is 0 Å². The van der Waals surface area contributed by atoms with E-state index in [1.54, 1.807) is 12.1 Å². The summed E-state index contributed by atoms with van der Waals surface area (Å²) in [6.07, 6.45) is 2.51. The predicted octanol–water partition coefficient (Wildman–Crippen LogP) is 1.67. The number of ether oxygens (including phenoxy) is 1. The number of carbonyl (C=O) groups is 2. The topological polar surface area (TPSA) is 59.5 Å². The van der Waals surface area contributed by atoms with E-state index in [1.807, 2.05) is 17.9 Å². The number of carbonyl (C=O) groups excluding carboxylic acids is 2. The molecule has 0 amide bonds. The van der Waals surface area contributed by atoms with Crippen LogP contribution < -0.4 is 4.90 Å². The molecule has 19 heavy (non-hydrogen) atoms. The molecule has 2 heterocycles. The van der Waals surface area contributed by atoms with Gasteiger partial charge in [0.05, 0.1) is 12.5 Å². The highest BCUT2D eigenvalue weighted by Gasteiger charge is 2.27. The van der Waals surface area contributed by atoms with E-state index in [2.05, 4.69) is 4.98 Å². The zero-order chi connectivity index (χ0) is 13.7. The van der Waals surface area contributed by atoms with Gasteiger partial charge in [-0.25, -0.2) is 4.98 Å². The number of anilines is 1. The fourth-order valence-corrected chi connectivity index (χ4v) is 2.32. The molecule has 0 bridgehead atoms. The van der Waals surface area contributed by atoms with Gasteiger partial charge in [-0.2, -0.15) is 0 Å². The first-order chi connectivity index (χ1) is 9.24. The molecule has 1 saturated heterocycles. The van der Waals surface area contributed by atoms with Crippen LogP contribution in [0, 0.1) is 5.92 Å². The minimum Gasteiger partial charge on any atom is -0.466 e. The van der Waals surface area contributed by atoms with Crippen molar-refractivity contribution in [1.82, 2.24) is 4.98 Å². The zero-order valence-corrected chi connectivity index (χ0v) is 11.0. The summed E-state index contributed by atoms with van der Waals surface area (Å²) >= 11 is 0. The van der Waals surface area contributed by atoms with Crippen LogP contribution in [0.15, 0.2) is 18.2 Å². The largest absolute Gasteiger partial charge is 0.466 e. The Bertz CT molecular complexity index is 462. The first-order valence-corrected chi connectivity index (χ1v) is 6.58. The van der Waals surface area contributed by atoms with Gasteiger partial charge in [-0.1, -0.05) is 6.07 Å². The molecule has 0 aliphatic carbocycles. The quantitative estimate of drug-likeness (QED) is 0.610. The first kappa shape index (κ1) is 13.5. The summed E-state index contributed by atoms with van der Waals surface area (Å²) in [7, 11) is 0. The maximum absolute atomic E-state index is 11.8. The van der Waals surface area contributed by atoms with E-state index in [9.17, 15) is 9.59 Å². The summed E-state index contributed by atoms with van der Waals surface area (Å²) in [6, 6.07) is 5.34. The molecule has 1 aromatic rings. The molecular weight excluding hydrogens is 244 g/mol. The van der Waals surface area contributed by atoms with Crippen molar-refractivity contribution in [3.05, 3.63) is 23.9 Å². The Hall–Kier alpha value is -1.91.